The van der Waals surface area contributed by atoms with Crippen LogP contribution in [0.15, 0.2) is 72.8 Å². The minimum absolute atomic E-state index is 0.239. The molecule has 0 saturated heterocycles. The molecule has 4 heteroatoms. The highest BCUT2D eigenvalue weighted by Crippen LogP contribution is 2.20. The van der Waals surface area contributed by atoms with E-state index in [0.717, 1.165) is 16.8 Å². The summed E-state index contributed by atoms with van der Waals surface area (Å²) in [5.41, 5.74) is 4.38. The van der Waals surface area contributed by atoms with Crippen LogP contribution in [0.5, 0.6) is 0 Å². The summed E-state index contributed by atoms with van der Waals surface area (Å²) >= 11 is 0. The Morgan fingerprint density at radius 3 is 1.81 bits per heavy atom. The number of amides is 2. The van der Waals surface area contributed by atoms with Gasteiger partial charge in [-0.3, -0.25) is 9.59 Å². The zero-order valence-corrected chi connectivity index (χ0v) is 14.7. The van der Waals surface area contributed by atoms with Crippen LogP contribution in [-0.4, -0.2) is 11.8 Å². The van der Waals surface area contributed by atoms with Crippen LogP contribution in [0.3, 0.4) is 0 Å². The minimum atomic E-state index is -0.252. The van der Waals surface area contributed by atoms with E-state index in [9.17, 15) is 9.59 Å². The van der Waals surface area contributed by atoms with Crippen molar-refractivity contribution in [3.8, 4) is 0 Å². The van der Waals surface area contributed by atoms with Crippen LogP contribution in [0.2, 0.25) is 0 Å². The summed E-state index contributed by atoms with van der Waals surface area (Å²) < 4.78 is 0. The van der Waals surface area contributed by atoms with Crippen molar-refractivity contribution in [3.05, 3.63) is 95.1 Å². The molecule has 0 spiro atoms. The molecular formula is C22H20N2O2. The van der Waals surface area contributed by atoms with Crippen LogP contribution >= 0.6 is 0 Å². The van der Waals surface area contributed by atoms with E-state index in [1.807, 2.05) is 62.4 Å². The van der Waals surface area contributed by atoms with E-state index < -0.39 is 0 Å². The topological polar surface area (TPSA) is 58.2 Å². The van der Waals surface area contributed by atoms with Gasteiger partial charge in [0.25, 0.3) is 11.8 Å². The van der Waals surface area contributed by atoms with Crippen molar-refractivity contribution in [1.29, 1.82) is 0 Å². The first kappa shape index (κ1) is 17.4. The van der Waals surface area contributed by atoms with Gasteiger partial charge in [0.2, 0.25) is 0 Å². The summed E-state index contributed by atoms with van der Waals surface area (Å²) in [6.45, 7) is 3.90. The lowest BCUT2D eigenvalue weighted by Crippen LogP contribution is -2.16. The molecule has 0 unspecified atom stereocenters. The summed E-state index contributed by atoms with van der Waals surface area (Å²) in [5, 5.41) is 5.76. The first-order valence-corrected chi connectivity index (χ1v) is 8.38. The Bertz CT molecular complexity index is 929. The van der Waals surface area contributed by atoms with E-state index in [-0.39, 0.29) is 11.8 Å². The van der Waals surface area contributed by atoms with E-state index in [2.05, 4.69) is 10.6 Å². The van der Waals surface area contributed by atoms with Crippen molar-refractivity contribution in [2.24, 2.45) is 0 Å². The van der Waals surface area contributed by atoms with Gasteiger partial charge in [-0.15, -0.1) is 0 Å². The zero-order valence-electron chi connectivity index (χ0n) is 14.7. The second-order valence-electron chi connectivity index (χ2n) is 6.12. The lowest BCUT2D eigenvalue weighted by Gasteiger charge is -2.12. The Labute approximate surface area is 152 Å². The molecule has 4 nitrogen and oxygen atoms in total. The van der Waals surface area contributed by atoms with Crippen molar-refractivity contribution in [1.82, 2.24) is 0 Å². The third-order valence-corrected chi connectivity index (χ3v) is 4.14. The maximum absolute atomic E-state index is 12.6. The predicted octanol–water partition coefficient (Wildman–Crippen LogP) is 4.81. The molecule has 0 heterocycles. The van der Waals surface area contributed by atoms with Crippen molar-refractivity contribution in [2.45, 2.75) is 13.8 Å². The molecule has 0 aliphatic rings. The number of hydrogen-bond acceptors (Lipinski definition) is 2. The second-order valence-corrected chi connectivity index (χ2v) is 6.12. The maximum Gasteiger partial charge on any atom is 0.255 e. The Hall–Kier alpha value is -3.40. The van der Waals surface area contributed by atoms with Gasteiger partial charge in [-0.2, -0.15) is 0 Å². The largest absolute Gasteiger partial charge is 0.322 e. The molecule has 3 rings (SSSR count). The third-order valence-electron chi connectivity index (χ3n) is 4.14. The summed E-state index contributed by atoms with van der Waals surface area (Å²) in [6.07, 6.45) is 0. The van der Waals surface area contributed by atoms with Gasteiger partial charge >= 0.3 is 0 Å². The van der Waals surface area contributed by atoms with E-state index >= 15 is 0 Å². The number of hydrogen-bond donors (Lipinski definition) is 2. The highest BCUT2D eigenvalue weighted by molar-refractivity contribution is 6.09. The molecule has 2 N–H and O–H groups in total. The number of carbonyl (C=O) groups excluding carboxylic acids is 2. The first-order chi connectivity index (χ1) is 12.5. The smallest absolute Gasteiger partial charge is 0.255 e. The Morgan fingerprint density at radius 2 is 1.19 bits per heavy atom. The molecule has 0 fully saturated rings. The Kier molecular flexibility index (Phi) is 5.13. The van der Waals surface area contributed by atoms with Gasteiger partial charge in [-0.1, -0.05) is 42.5 Å². The number of benzene rings is 3. The van der Waals surface area contributed by atoms with Gasteiger partial charge in [0, 0.05) is 22.5 Å². The number of rotatable bonds is 4. The van der Waals surface area contributed by atoms with Crippen LogP contribution in [-0.2, 0) is 0 Å². The fourth-order valence-electron chi connectivity index (χ4n) is 2.72. The molecule has 3 aromatic rings. The molecule has 130 valence electrons. The fourth-order valence-corrected chi connectivity index (χ4v) is 2.72. The molecule has 0 atom stereocenters. The van der Waals surface area contributed by atoms with E-state index in [4.69, 9.17) is 0 Å². The van der Waals surface area contributed by atoms with Gasteiger partial charge in [0.15, 0.2) is 0 Å². The molecule has 0 aliphatic heterocycles. The number of carbonyl (C=O) groups is 2. The molecule has 3 aromatic carbocycles. The van der Waals surface area contributed by atoms with Crippen molar-refractivity contribution in [2.75, 3.05) is 10.6 Å². The number of anilines is 2. The van der Waals surface area contributed by atoms with Crippen LogP contribution in [0.25, 0.3) is 0 Å². The molecule has 0 radical (unpaired) electrons. The fraction of sp³-hybridized carbons (Fsp3) is 0.0909. The molecule has 0 aromatic heterocycles. The Morgan fingerprint density at radius 1 is 0.654 bits per heavy atom. The summed E-state index contributed by atoms with van der Waals surface area (Å²) in [7, 11) is 0. The number of para-hydroxylation sites is 2. The van der Waals surface area contributed by atoms with E-state index in [0.29, 0.717) is 16.8 Å². The van der Waals surface area contributed by atoms with Crippen LogP contribution < -0.4 is 10.6 Å². The van der Waals surface area contributed by atoms with Gasteiger partial charge < -0.3 is 10.6 Å². The number of nitrogens with one attached hydrogen (secondary N) is 2. The maximum atomic E-state index is 12.6. The molecule has 26 heavy (non-hydrogen) atoms. The second kappa shape index (κ2) is 7.66. The van der Waals surface area contributed by atoms with Gasteiger partial charge in [0.1, 0.15) is 0 Å². The predicted molar refractivity (Wildman–Crippen MR) is 105 cm³/mol. The van der Waals surface area contributed by atoms with Crippen molar-refractivity contribution >= 4 is 23.2 Å². The average Bonchev–Trinajstić information content (AvgIpc) is 2.65. The number of aryl methyl sites for hydroxylation is 2. The average molecular weight is 344 g/mol. The molecule has 2 amide bonds. The molecular weight excluding hydrogens is 324 g/mol. The Balaban J connectivity index is 1.78. The van der Waals surface area contributed by atoms with Gasteiger partial charge in [-0.25, -0.2) is 0 Å². The van der Waals surface area contributed by atoms with Crippen LogP contribution in [0.4, 0.5) is 11.4 Å². The van der Waals surface area contributed by atoms with E-state index in [1.54, 1.807) is 24.3 Å². The van der Waals surface area contributed by atoms with Crippen molar-refractivity contribution in [3.63, 3.8) is 0 Å². The van der Waals surface area contributed by atoms with Crippen molar-refractivity contribution < 1.29 is 9.59 Å². The van der Waals surface area contributed by atoms with Gasteiger partial charge in [-0.05, 0) is 55.3 Å². The summed E-state index contributed by atoms with van der Waals surface area (Å²) in [6, 6.07) is 21.8. The van der Waals surface area contributed by atoms with E-state index in [1.165, 1.54) is 0 Å². The highest BCUT2D eigenvalue weighted by atomic mass is 16.2. The zero-order chi connectivity index (χ0) is 18.5. The summed E-state index contributed by atoms with van der Waals surface area (Å²) in [4.78, 5) is 25.0. The minimum Gasteiger partial charge on any atom is -0.322 e. The standard InChI is InChI=1S/C22H20N2O2/c1-15-8-6-9-16(2)20(15)24-22(26)18-11-7-10-17(14-18)21(25)23-19-12-4-3-5-13-19/h3-14H,1-2H3,(H,23,25)(H,24,26). The quantitative estimate of drug-likeness (QED) is 0.714. The van der Waals surface area contributed by atoms with Gasteiger partial charge in [0.05, 0.1) is 0 Å². The first-order valence-electron chi connectivity index (χ1n) is 8.38. The summed E-state index contributed by atoms with van der Waals surface area (Å²) in [5.74, 6) is -0.491. The SMILES string of the molecule is Cc1cccc(C)c1NC(=O)c1cccc(C(=O)Nc2ccccc2)c1. The normalized spacial score (nSPS) is 10.2. The van der Waals surface area contributed by atoms with Crippen LogP contribution in [0, 0.1) is 13.8 Å². The molecule has 0 saturated carbocycles. The lowest BCUT2D eigenvalue weighted by molar-refractivity contribution is 0.102. The van der Waals surface area contributed by atoms with Crippen LogP contribution in [0.1, 0.15) is 31.8 Å². The highest BCUT2D eigenvalue weighted by Gasteiger charge is 2.12. The molecule has 0 aliphatic carbocycles. The lowest BCUT2D eigenvalue weighted by atomic mass is 10.1. The monoisotopic (exact) mass is 344 g/mol. The third kappa shape index (κ3) is 3.98. The molecule has 0 bridgehead atoms.